The zero-order valence-electron chi connectivity index (χ0n) is 37.9. The SMILES string of the molecule is [C-]#[N+]c1cccc(-c2cccc(-c3ccc4c5c(cccc35)-c3ccccc3-4)c2)c1-c1cccc(-c2cccc(-c3nc(-c4ccccc4)nc(-c4cccc(-c5cccc6ccccc56)c4)n3)c2)c1. The molecule has 0 fully saturated rings. The lowest BCUT2D eigenvalue weighted by Gasteiger charge is -2.16. The second-order valence-electron chi connectivity index (χ2n) is 17.8. The fourth-order valence-electron chi connectivity index (χ4n) is 10.4. The molecule has 11 aromatic carbocycles. The van der Waals surface area contributed by atoms with Gasteiger partial charge in [0.2, 0.25) is 0 Å². The molecule has 1 aliphatic rings. The van der Waals surface area contributed by atoms with Crippen molar-refractivity contribution in [1.29, 1.82) is 0 Å². The lowest BCUT2D eigenvalue weighted by molar-refractivity contribution is 1.07. The van der Waals surface area contributed by atoms with E-state index in [0.717, 1.165) is 66.8 Å². The van der Waals surface area contributed by atoms with Crippen molar-refractivity contribution in [3.63, 3.8) is 0 Å². The minimum absolute atomic E-state index is 0.586. The number of fused-ring (bicyclic) bond motifs is 4. The second-order valence-corrected chi connectivity index (χ2v) is 17.8. The molecule has 0 saturated carbocycles. The first kappa shape index (κ1) is 40.7. The van der Waals surface area contributed by atoms with Crippen molar-refractivity contribution in [2.45, 2.75) is 0 Å². The van der Waals surface area contributed by atoms with Gasteiger partial charge in [-0.05, 0) is 124 Å². The highest BCUT2D eigenvalue weighted by molar-refractivity contribution is 6.18. The molecular weight excluding hydrogens is 849 g/mol. The number of rotatable bonds is 8. The van der Waals surface area contributed by atoms with Crippen molar-refractivity contribution < 1.29 is 0 Å². The van der Waals surface area contributed by atoms with Crippen LogP contribution in [0, 0.1) is 6.57 Å². The summed E-state index contributed by atoms with van der Waals surface area (Å²) in [4.78, 5) is 19.4. The van der Waals surface area contributed by atoms with E-state index >= 15 is 0 Å². The molecule has 1 heterocycles. The smallest absolute Gasteiger partial charge is 0.195 e. The molecule has 1 aliphatic carbocycles. The van der Waals surface area contributed by atoms with Crippen LogP contribution in [0.2, 0.25) is 0 Å². The molecule has 1 aromatic heterocycles. The number of benzene rings is 11. The summed E-state index contributed by atoms with van der Waals surface area (Å²) in [5.41, 5.74) is 19.0. The van der Waals surface area contributed by atoms with E-state index in [1.165, 1.54) is 49.4 Å². The van der Waals surface area contributed by atoms with E-state index in [0.29, 0.717) is 23.2 Å². The zero-order chi connectivity index (χ0) is 46.5. The minimum Gasteiger partial charge on any atom is -0.237 e. The van der Waals surface area contributed by atoms with E-state index in [1.54, 1.807) is 0 Å². The predicted octanol–water partition coefficient (Wildman–Crippen LogP) is 17.7. The van der Waals surface area contributed by atoms with E-state index in [9.17, 15) is 0 Å². The summed E-state index contributed by atoms with van der Waals surface area (Å²) in [5.74, 6) is 1.79. The maximum Gasteiger partial charge on any atom is 0.195 e. The molecule has 0 spiro atoms. The van der Waals surface area contributed by atoms with Crippen LogP contribution in [0.25, 0.3) is 138 Å². The van der Waals surface area contributed by atoms with E-state index in [-0.39, 0.29) is 0 Å². The first-order valence-electron chi connectivity index (χ1n) is 23.5. The molecule has 4 heteroatoms. The second kappa shape index (κ2) is 16.9. The lowest BCUT2D eigenvalue weighted by atomic mass is 9.89. The Kier molecular flexibility index (Phi) is 9.85. The molecule has 12 aromatic rings. The molecule has 0 unspecified atom stereocenters. The van der Waals surface area contributed by atoms with Gasteiger partial charge in [0.25, 0.3) is 0 Å². The lowest BCUT2D eigenvalue weighted by Crippen LogP contribution is -2.00. The predicted molar refractivity (Wildman–Crippen MR) is 289 cm³/mol. The van der Waals surface area contributed by atoms with Gasteiger partial charge in [-0.15, -0.1) is 0 Å². The van der Waals surface area contributed by atoms with Gasteiger partial charge in [0.05, 0.1) is 6.57 Å². The highest BCUT2D eigenvalue weighted by atomic mass is 15.0. The molecule has 0 amide bonds. The Balaban J connectivity index is 0.879. The average Bonchev–Trinajstić information content (AvgIpc) is 3.77. The molecule has 0 bridgehead atoms. The number of nitrogens with zero attached hydrogens (tertiary/aromatic N) is 4. The summed E-state index contributed by atoms with van der Waals surface area (Å²) in [6, 6.07) is 85.1. The van der Waals surface area contributed by atoms with Crippen LogP contribution in [0.3, 0.4) is 0 Å². The Hall–Kier alpha value is -9.56. The first-order valence-corrected chi connectivity index (χ1v) is 23.5. The van der Waals surface area contributed by atoms with Gasteiger partial charge >= 0.3 is 0 Å². The topological polar surface area (TPSA) is 43.0 Å². The van der Waals surface area contributed by atoms with Crippen molar-refractivity contribution in [2.75, 3.05) is 0 Å². The van der Waals surface area contributed by atoms with Crippen LogP contribution in [0.4, 0.5) is 5.69 Å². The maximum atomic E-state index is 8.36. The monoisotopic (exact) mass is 888 g/mol. The van der Waals surface area contributed by atoms with Gasteiger partial charge in [-0.1, -0.05) is 218 Å². The van der Waals surface area contributed by atoms with Crippen LogP contribution in [0.15, 0.2) is 243 Å². The van der Waals surface area contributed by atoms with Gasteiger partial charge in [-0.3, -0.25) is 0 Å². The van der Waals surface area contributed by atoms with E-state index in [4.69, 9.17) is 21.5 Å². The van der Waals surface area contributed by atoms with Crippen LogP contribution < -0.4 is 0 Å². The van der Waals surface area contributed by atoms with Crippen molar-refractivity contribution >= 4 is 27.2 Å². The maximum absolute atomic E-state index is 8.36. The third-order valence-electron chi connectivity index (χ3n) is 13.7. The third-order valence-corrected chi connectivity index (χ3v) is 13.7. The Labute approximate surface area is 406 Å². The Morgan fingerprint density at radius 2 is 0.671 bits per heavy atom. The highest BCUT2D eigenvalue weighted by Crippen LogP contribution is 2.50. The van der Waals surface area contributed by atoms with E-state index < -0.39 is 0 Å². The summed E-state index contributed by atoms with van der Waals surface area (Å²) in [6.45, 7) is 8.36. The zero-order valence-corrected chi connectivity index (χ0v) is 37.9. The molecule has 0 radical (unpaired) electrons. The summed E-state index contributed by atoms with van der Waals surface area (Å²) < 4.78 is 0. The Morgan fingerprint density at radius 1 is 0.271 bits per heavy atom. The van der Waals surface area contributed by atoms with Gasteiger partial charge in [0.15, 0.2) is 23.2 Å². The summed E-state index contributed by atoms with van der Waals surface area (Å²) in [5, 5.41) is 4.94. The molecule has 4 nitrogen and oxygen atoms in total. The normalized spacial score (nSPS) is 11.4. The van der Waals surface area contributed by atoms with Crippen LogP contribution in [-0.2, 0) is 0 Å². The highest BCUT2D eigenvalue weighted by Gasteiger charge is 2.23. The Morgan fingerprint density at radius 3 is 1.39 bits per heavy atom. The van der Waals surface area contributed by atoms with Crippen LogP contribution in [-0.4, -0.2) is 15.0 Å². The van der Waals surface area contributed by atoms with Crippen molar-refractivity contribution in [1.82, 2.24) is 15.0 Å². The molecule has 0 saturated heterocycles. The number of hydrogen-bond acceptors (Lipinski definition) is 3. The van der Waals surface area contributed by atoms with Crippen molar-refractivity contribution in [2.24, 2.45) is 0 Å². The summed E-state index contributed by atoms with van der Waals surface area (Å²) in [6.07, 6.45) is 0. The molecule has 324 valence electrons. The molecular formula is C66H40N4. The van der Waals surface area contributed by atoms with Crippen molar-refractivity contribution in [3.05, 3.63) is 254 Å². The van der Waals surface area contributed by atoms with Crippen molar-refractivity contribution in [3.8, 4) is 112 Å². The van der Waals surface area contributed by atoms with Gasteiger partial charge in [-0.25, -0.2) is 19.8 Å². The number of aromatic nitrogens is 3. The summed E-state index contributed by atoms with van der Waals surface area (Å²) in [7, 11) is 0. The Bertz CT molecular complexity index is 4050. The quantitative estimate of drug-likeness (QED) is 0.143. The van der Waals surface area contributed by atoms with Gasteiger partial charge in [0.1, 0.15) is 0 Å². The fraction of sp³-hybridized carbons (Fsp3) is 0. The van der Waals surface area contributed by atoms with E-state index in [2.05, 4.69) is 205 Å². The largest absolute Gasteiger partial charge is 0.237 e. The van der Waals surface area contributed by atoms with E-state index in [1.807, 2.05) is 42.5 Å². The number of hydrogen-bond donors (Lipinski definition) is 0. The van der Waals surface area contributed by atoms with Gasteiger partial charge in [-0.2, -0.15) is 0 Å². The van der Waals surface area contributed by atoms with Gasteiger partial charge < -0.3 is 0 Å². The third kappa shape index (κ3) is 7.04. The summed E-state index contributed by atoms with van der Waals surface area (Å²) >= 11 is 0. The molecule has 70 heavy (non-hydrogen) atoms. The minimum atomic E-state index is 0.586. The first-order chi connectivity index (χ1) is 34.6. The standard InChI is InChI=1S/C66H40N4/c1-67-61-35-15-32-55(48-24-11-22-46(40-48)54-36-37-60-57-30-8-7-29-56(57)59-34-14-33-58(54)63(59)60)62(61)49-25-9-20-44(38-49)45-21-10-26-50(39-45)65-68-64(43-17-3-2-4-18-43)69-66(70-65)51-27-12-23-47(41-51)53-31-13-19-42-16-5-6-28-52(42)53/h2-41H. The average molecular weight is 889 g/mol. The molecule has 0 atom stereocenters. The molecule has 13 rings (SSSR count). The van der Waals surface area contributed by atoms with Crippen LogP contribution in [0.1, 0.15) is 0 Å². The van der Waals surface area contributed by atoms with Crippen LogP contribution in [0.5, 0.6) is 0 Å². The van der Waals surface area contributed by atoms with Crippen LogP contribution >= 0.6 is 0 Å². The van der Waals surface area contributed by atoms with Gasteiger partial charge in [0, 0.05) is 16.7 Å². The molecule has 0 N–H and O–H groups in total. The fourth-order valence-corrected chi connectivity index (χ4v) is 10.4. The molecule has 0 aliphatic heterocycles.